The smallest absolute Gasteiger partial charge is 0.128 e. The summed E-state index contributed by atoms with van der Waals surface area (Å²) in [6.45, 7) is 7.39. The topological polar surface area (TPSA) is 20.3 Å². The Morgan fingerprint density at radius 1 is 1.67 bits per heavy atom. The Kier molecular flexibility index (Phi) is 2.85. The van der Waals surface area contributed by atoms with Gasteiger partial charge in [-0.25, -0.2) is 0 Å². The van der Waals surface area contributed by atoms with Gasteiger partial charge in [-0.2, -0.15) is 0 Å². The van der Waals surface area contributed by atoms with Crippen LogP contribution < -0.4 is 0 Å². The molecule has 0 aromatic carbocycles. The Morgan fingerprint density at radius 2 is 2.47 bits per heavy atom. The van der Waals surface area contributed by atoms with Gasteiger partial charge in [-0.15, -0.1) is 0 Å². The highest BCUT2D eigenvalue weighted by Gasteiger charge is 2.44. The van der Waals surface area contributed by atoms with Crippen LogP contribution in [-0.4, -0.2) is 23.8 Å². The van der Waals surface area contributed by atoms with Crippen molar-refractivity contribution in [3.05, 3.63) is 12.3 Å². The predicted octanol–water partition coefficient (Wildman–Crippen LogP) is 2.99. The lowest BCUT2D eigenvalue weighted by atomic mass is 9.75. The summed E-state index contributed by atoms with van der Waals surface area (Å²) in [5.74, 6) is 0. The summed E-state index contributed by atoms with van der Waals surface area (Å²) in [6, 6.07) is 0.440. The lowest BCUT2D eigenvalue weighted by Gasteiger charge is -2.37. The number of allylic oxidation sites excluding steroid dienone is 1. The van der Waals surface area contributed by atoms with E-state index in [1.807, 2.05) is 0 Å². The minimum atomic E-state index is -0.0874. The van der Waals surface area contributed by atoms with Crippen LogP contribution in [0.25, 0.3) is 0 Å². The van der Waals surface area contributed by atoms with Gasteiger partial charge >= 0.3 is 0 Å². The second-order valence-electron chi connectivity index (χ2n) is 4.98. The fourth-order valence-corrected chi connectivity index (χ4v) is 3.27. The Labute approximate surface area is 93.8 Å². The van der Waals surface area contributed by atoms with E-state index >= 15 is 0 Å². The molecule has 2 aliphatic rings. The molecular formula is C13H23NO. The third kappa shape index (κ3) is 1.60. The standard InChI is InChI=1S/C13H21NO.H2/c1-3-13(10-15)8-4-5-9-14-11(2)6-7-12(13)14;/h10,12H,2-9H2,1H3;1H/t12-,13?;/m0./s1. The van der Waals surface area contributed by atoms with Gasteiger partial charge in [-0.1, -0.05) is 19.9 Å². The summed E-state index contributed by atoms with van der Waals surface area (Å²) < 4.78 is 0. The molecular weight excluding hydrogens is 186 g/mol. The largest absolute Gasteiger partial charge is 0.371 e. The van der Waals surface area contributed by atoms with Crippen LogP contribution in [0.5, 0.6) is 0 Å². The number of aldehydes is 1. The Morgan fingerprint density at radius 3 is 3.13 bits per heavy atom. The maximum Gasteiger partial charge on any atom is 0.128 e. The number of fused-ring (bicyclic) bond motifs is 1. The molecule has 0 aliphatic carbocycles. The molecule has 2 aliphatic heterocycles. The number of carbonyl (C=O) groups is 1. The Hall–Kier alpha value is -0.790. The molecule has 0 aromatic rings. The van der Waals surface area contributed by atoms with Crippen LogP contribution in [-0.2, 0) is 4.79 Å². The number of carbonyl (C=O) groups excluding carboxylic acids is 1. The van der Waals surface area contributed by atoms with Crippen molar-refractivity contribution < 1.29 is 6.22 Å². The third-order valence-corrected chi connectivity index (χ3v) is 4.34. The van der Waals surface area contributed by atoms with Crippen molar-refractivity contribution in [1.82, 2.24) is 4.90 Å². The molecule has 2 nitrogen and oxygen atoms in total. The predicted molar refractivity (Wildman–Crippen MR) is 63.6 cm³/mol. The molecule has 86 valence electrons. The second kappa shape index (κ2) is 3.99. The SMILES string of the molecule is C=C1CC[C@@H]2N1CCCCC2(C=O)CC.[HH]. The molecule has 0 spiro atoms. The molecule has 0 amide bonds. The van der Waals surface area contributed by atoms with Crippen LogP contribution in [0.1, 0.15) is 46.9 Å². The number of hydrogen-bond acceptors (Lipinski definition) is 2. The monoisotopic (exact) mass is 209 g/mol. The summed E-state index contributed by atoms with van der Waals surface area (Å²) in [6.07, 6.45) is 7.89. The molecule has 2 fully saturated rings. The first-order chi connectivity index (χ1) is 7.23. The van der Waals surface area contributed by atoms with E-state index < -0.39 is 0 Å². The zero-order chi connectivity index (χ0) is 10.9. The van der Waals surface area contributed by atoms with Crippen molar-refractivity contribution in [1.29, 1.82) is 0 Å². The Bertz CT molecular complexity index is 279. The van der Waals surface area contributed by atoms with Gasteiger partial charge in [-0.05, 0) is 32.1 Å². The highest BCUT2D eigenvalue weighted by molar-refractivity contribution is 5.61. The van der Waals surface area contributed by atoms with Crippen LogP contribution in [0.4, 0.5) is 0 Å². The van der Waals surface area contributed by atoms with Crippen LogP contribution in [0.3, 0.4) is 0 Å². The molecule has 2 heteroatoms. The van der Waals surface area contributed by atoms with Crippen LogP contribution in [0.15, 0.2) is 12.3 Å². The summed E-state index contributed by atoms with van der Waals surface area (Å²) in [5.41, 5.74) is 1.16. The average Bonchev–Trinajstić information content (AvgIpc) is 2.53. The van der Waals surface area contributed by atoms with Crippen molar-refractivity contribution >= 4 is 6.29 Å². The maximum absolute atomic E-state index is 11.5. The van der Waals surface area contributed by atoms with E-state index in [9.17, 15) is 4.79 Å². The van der Waals surface area contributed by atoms with Gasteiger partial charge in [0.2, 0.25) is 0 Å². The summed E-state index contributed by atoms with van der Waals surface area (Å²) in [7, 11) is 0. The summed E-state index contributed by atoms with van der Waals surface area (Å²) >= 11 is 0. The van der Waals surface area contributed by atoms with Gasteiger partial charge in [0.25, 0.3) is 0 Å². The molecule has 0 N–H and O–H groups in total. The lowest BCUT2D eigenvalue weighted by Crippen LogP contribution is -2.43. The molecule has 2 heterocycles. The summed E-state index contributed by atoms with van der Waals surface area (Å²) in [4.78, 5) is 13.9. The number of hydrogen-bond donors (Lipinski definition) is 0. The first-order valence-corrected chi connectivity index (χ1v) is 6.14. The Balaban J connectivity index is 0.00000128. The molecule has 0 bridgehead atoms. The minimum Gasteiger partial charge on any atom is -0.371 e. The average molecular weight is 209 g/mol. The van der Waals surface area contributed by atoms with Gasteiger partial charge < -0.3 is 9.69 Å². The first kappa shape index (κ1) is 10.7. The normalized spacial score (nSPS) is 36.2. The second-order valence-corrected chi connectivity index (χ2v) is 4.98. The van der Waals surface area contributed by atoms with E-state index in [-0.39, 0.29) is 6.84 Å². The molecule has 1 unspecified atom stereocenters. The van der Waals surface area contributed by atoms with Crippen molar-refractivity contribution in [2.75, 3.05) is 6.54 Å². The van der Waals surface area contributed by atoms with Gasteiger partial charge in [0.05, 0.1) is 0 Å². The number of rotatable bonds is 2. The van der Waals surface area contributed by atoms with Crippen molar-refractivity contribution in [2.24, 2.45) is 5.41 Å². The van der Waals surface area contributed by atoms with Gasteiger partial charge in [0.1, 0.15) is 6.29 Å². The third-order valence-electron chi connectivity index (χ3n) is 4.34. The quantitative estimate of drug-likeness (QED) is 0.652. The molecule has 0 aromatic heterocycles. The maximum atomic E-state index is 11.5. The van der Waals surface area contributed by atoms with Gasteiger partial charge in [0, 0.05) is 25.1 Å². The molecule has 0 saturated carbocycles. The summed E-state index contributed by atoms with van der Waals surface area (Å²) in [5, 5.41) is 0. The highest BCUT2D eigenvalue weighted by atomic mass is 16.1. The van der Waals surface area contributed by atoms with E-state index in [1.165, 1.54) is 24.8 Å². The van der Waals surface area contributed by atoms with Crippen LogP contribution in [0.2, 0.25) is 0 Å². The molecule has 2 atom stereocenters. The van der Waals surface area contributed by atoms with E-state index in [4.69, 9.17) is 0 Å². The number of nitrogens with zero attached hydrogens (tertiary/aromatic N) is 1. The minimum absolute atomic E-state index is 0. The van der Waals surface area contributed by atoms with Gasteiger partial charge in [-0.3, -0.25) is 0 Å². The van der Waals surface area contributed by atoms with E-state index in [0.29, 0.717) is 6.04 Å². The lowest BCUT2D eigenvalue weighted by molar-refractivity contribution is -0.119. The van der Waals surface area contributed by atoms with Crippen LogP contribution >= 0.6 is 0 Å². The first-order valence-electron chi connectivity index (χ1n) is 6.14. The van der Waals surface area contributed by atoms with Crippen molar-refractivity contribution in [2.45, 2.75) is 51.5 Å². The zero-order valence-corrected chi connectivity index (χ0v) is 9.67. The van der Waals surface area contributed by atoms with Gasteiger partial charge in [0.15, 0.2) is 0 Å². The fourth-order valence-electron chi connectivity index (χ4n) is 3.27. The van der Waals surface area contributed by atoms with Crippen molar-refractivity contribution in [3.63, 3.8) is 0 Å². The van der Waals surface area contributed by atoms with E-state index in [0.717, 1.165) is 32.2 Å². The highest BCUT2D eigenvalue weighted by Crippen LogP contribution is 2.44. The molecule has 2 saturated heterocycles. The molecule has 2 rings (SSSR count). The van der Waals surface area contributed by atoms with Crippen LogP contribution in [0, 0.1) is 5.41 Å². The molecule has 0 radical (unpaired) electrons. The van der Waals surface area contributed by atoms with E-state index in [1.54, 1.807) is 0 Å². The zero-order valence-electron chi connectivity index (χ0n) is 9.67. The molecule has 15 heavy (non-hydrogen) atoms. The van der Waals surface area contributed by atoms with E-state index in [2.05, 4.69) is 18.4 Å². The fraction of sp³-hybridized carbons (Fsp3) is 0.769. The van der Waals surface area contributed by atoms with Crippen molar-refractivity contribution in [3.8, 4) is 0 Å².